The van der Waals surface area contributed by atoms with E-state index in [1.165, 1.54) is 0 Å². The second-order valence-electron chi connectivity index (χ2n) is 3.67. The predicted molar refractivity (Wildman–Crippen MR) is 61.4 cm³/mol. The van der Waals surface area contributed by atoms with Gasteiger partial charge in [-0.3, -0.25) is 4.79 Å². The van der Waals surface area contributed by atoms with E-state index >= 15 is 0 Å². The Kier molecular flexibility index (Phi) is 4.78. The molecule has 0 aliphatic rings. The minimum absolute atomic E-state index is 0.0163. The molecule has 1 aromatic carbocycles. The van der Waals surface area contributed by atoms with Gasteiger partial charge in [0.15, 0.2) is 0 Å². The molecule has 0 unspecified atom stereocenters. The highest BCUT2D eigenvalue weighted by Gasteiger charge is 2.36. The lowest BCUT2D eigenvalue weighted by molar-refractivity contribution is -0.141. The normalized spacial score (nSPS) is 10.9. The van der Waals surface area contributed by atoms with Gasteiger partial charge in [0, 0.05) is 5.88 Å². The van der Waals surface area contributed by atoms with Crippen LogP contribution in [0.1, 0.15) is 22.3 Å². The fraction of sp³-hybridized carbons (Fsp3) is 0.333. The smallest absolute Gasteiger partial charge is 0.417 e. The molecule has 0 bridgehead atoms. The molecule has 0 aliphatic carbocycles. The summed E-state index contributed by atoms with van der Waals surface area (Å²) < 4.78 is 43.3. The molecular formula is C12H9ClF3NO2. The van der Waals surface area contributed by atoms with E-state index in [9.17, 15) is 18.0 Å². The number of hydrogen-bond acceptors (Lipinski definition) is 3. The van der Waals surface area contributed by atoms with Crippen molar-refractivity contribution in [3.8, 4) is 6.07 Å². The van der Waals surface area contributed by atoms with E-state index in [1.54, 1.807) is 6.07 Å². The number of benzene rings is 1. The second kappa shape index (κ2) is 5.93. The maximum atomic E-state index is 13.0. The van der Waals surface area contributed by atoms with Gasteiger partial charge in [-0.05, 0) is 23.3 Å². The van der Waals surface area contributed by atoms with Crippen molar-refractivity contribution in [2.45, 2.75) is 18.5 Å². The highest BCUT2D eigenvalue weighted by atomic mass is 35.5. The van der Waals surface area contributed by atoms with Crippen molar-refractivity contribution in [2.24, 2.45) is 0 Å². The monoisotopic (exact) mass is 291 g/mol. The van der Waals surface area contributed by atoms with Crippen LogP contribution in [0.5, 0.6) is 0 Å². The van der Waals surface area contributed by atoms with Crippen molar-refractivity contribution < 1.29 is 22.7 Å². The summed E-state index contributed by atoms with van der Waals surface area (Å²) in [7, 11) is 1.08. The minimum Gasteiger partial charge on any atom is -0.469 e. The fourth-order valence-electron chi connectivity index (χ4n) is 1.67. The number of rotatable bonds is 3. The summed E-state index contributed by atoms with van der Waals surface area (Å²) in [5.74, 6) is -1.22. The van der Waals surface area contributed by atoms with Crippen LogP contribution in [0, 0.1) is 11.3 Å². The first-order valence-electron chi connectivity index (χ1n) is 5.09. The summed E-state index contributed by atoms with van der Waals surface area (Å²) in [5.41, 5.74) is -1.50. The molecule has 0 aliphatic heterocycles. The van der Waals surface area contributed by atoms with E-state index < -0.39 is 30.0 Å². The van der Waals surface area contributed by atoms with Crippen LogP contribution in [0.25, 0.3) is 0 Å². The molecule has 0 radical (unpaired) electrons. The Bertz CT molecular complexity index is 535. The maximum Gasteiger partial charge on any atom is 0.417 e. The Morgan fingerprint density at radius 1 is 1.42 bits per heavy atom. The Labute approximate surface area is 112 Å². The third kappa shape index (κ3) is 3.61. The first kappa shape index (κ1) is 15.3. The number of carbonyl (C=O) groups excluding carboxylic acids is 1. The molecule has 0 amide bonds. The van der Waals surface area contributed by atoms with Crippen LogP contribution in [0.2, 0.25) is 0 Å². The Morgan fingerprint density at radius 3 is 2.42 bits per heavy atom. The zero-order valence-electron chi connectivity index (χ0n) is 9.84. The van der Waals surface area contributed by atoms with Gasteiger partial charge in [-0.2, -0.15) is 18.4 Å². The molecule has 1 rings (SSSR count). The second-order valence-corrected chi connectivity index (χ2v) is 3.93. The first-order valence-corrected chi connectivity index (χ1v) is 5.62. The average molecular weight is 292 g/mol. The number of methoxy groups -OCH3 is 1. The predicted octanol–water partition coefficient (Wildman–Crippen LogP) is 3.03. The molecule has 3 nitrogen and oxygen atoms in total. The summed E-state index contributed by atoms with van der Waals surface area (Å²) in [6, 6.07) is 3.82. The highest BCUT2D eigenvalue weighted by molar-refractivity contribution is 6.17. The molecule has 0 saturated heterocycles. The number of carbonyl (C=O) groups is 1. The van der Waals surface area contributed by atoms with Gasteiger partial charge in [0.05, 0.1) is 30.7 Å². The molecule has 19 heavy (non-hydrogen) atoms. The standard InChI is InChI=1S/C12H9ClF3NO2/c1-19-10(18)4-8-2-7(6-17)3-9(5-13)11(8)12(14,15)16/h2-3H,4-5H2,1H3. The van der Waals surface area contributed by atoms with Crippen molar-refractivity contribution in [1.29, 1.82) is 5.26 Å². The number of nitriles is 1. The third-order valence-corrected chi connectivity index (χ3v) is 2.71. The van der Waals surface area contributed by atoms with Crippen LogP contribution in [0.4, 0.5) is 13.2 Å². The highest BCUT2D eigenvalue weighted by Crippen LogP contribution is 2.36. The molecule has 0 spiro atoms. The van der Waals surface area contributed by atoms with Gasteiger partial charge in [-0.25, -0.2) is 0 Å². The fourth-order valence-corrected chi connectivity index (χ4v) is 1.88. The molecule has 102 valence electrons. The van der Waals surface area contributed by atoms with E-state index in [1.807, 2.05) is 0 Å². The minimum atomic E-state index is -4.65. The van der Waals surface area contributed by atoms with Crippen molar-refractivity contribution in [3.63, 3.8) is 0 Å². The van der Waals surface area contributed by atoms with Crippen molar-refractivity contribution in [3.05, 3.63) is 34.4 Å². The van der Waals surface area contributed by atoms with E-state index in [0.717, 1.165) is 19.2 Å². The number of nitrogens with zero attached hydrogens (tertiary/aromatic N) is 1. The lowest BCUT2D eigenvalue weighted by Gasteiger charge is -2.16. The summed E-state index contributed by atoms with van der Waals surface area (Å²) in [6.07, 6.45) is -5.22. The summed E-state index contributed by atoms with van der Waals surface area (Å²) in [4.78, 5) is 11.2. The first-order chi connectivity index (χ1) is 8.83. The van der Waals surface area contributed by atoms with Gasteiger partial charge in [-0.1, -0.05) is 0 Å². The van der Waals surface area contributed by atoms with Crippen LogP contribution in [0.3, 0.4) is 0 Å². The molecular weight excluding hydrogens is 283 g/mol. The van der Waals surface area contributed by atoms with E-state index in [2.05, 4.69) is 4.74 Å². The Balaban J connectivity index is 3.47. The van der Waals surface area contributed by atoms with Crippen LogP contribution in [0.15, 0.2) is 12.1 Å². The quantitative estimate of drug-likeness (QED) is 0.635. The molecule has 0 atom stereocenters. The topological polar surface area (TPSA) is 50.1 Å². The zero-order chi connectivity index (χ0) is 14.6. The zero-order valence-corrected chi connectivity index (χ0v) is 10.6. The molecule has 1 aromatic rings. The largest absolute Gasteiger partial charge is 0.469 e. The van der Waals surface area contributed by atoms with E-state index in [4.69, 9.17) is 16.9 Å². The van der Waals surface area contributed by atoms with Crippen molar-refractivity contribution >= 4 is 17.6 Å². The summed E-state index contributed by atoms with van der Waals surface area (Å²) in [6.45, 7) is 0. The molecule has 0 heterocycles. The summed E-state index contributed by atoms with van der Waals surface area (Å²) >= 11 is 5.48. The van der Waals surface area contributed by atoms with Crippen LogP contribution >= 0.6 is 11.6 Å². The molecule has 0 N–H and O–H groups in total. The number of ether oxygens (including phenoxy) is 1. The van der Waals surface area contributed by atoms with Gasteiger partial charge in [0.1, 0.15) is 0 Å². The van der Waals surface area contributed by atoms with E-state index in [-0.39, 0.29) is 16.7 Å². The maximum absolute atomic E-state index is 13.0. The number of halogens is 4. The Hall–Kier alpha value is -1.74. The molecule has 0 fully saturated rings. The van der Waals surface area contributed by atoms with Gasteiger partial charge >= 0.3 is 12.1 Å². The van der Waals surface area contributed by atoms with Gasteiger partial charge < -0.3 is 4.74 Å². The van der Waals surface area contributed by atoms with Gasteiger partial charge in [0.25, 0.3) is 0 Å². The van der Waals surface area contributed by atoms with E-state index in [0.29, 0.717) is 0 Å². The number of hydrogen-bond donors (Lipinski definition) is 0. The molecule has 7 heteroatoms. The van der Waals surface area contributed by atoms with Gasteiger partial charge in [-0.15, -0.1) is 11.6 Å². The third-order valence-electron chi connectivity index (χ3n) is 2.42. The lowest BCUT2D eigenvalue weighted by atomic mass is 9.96. The summed E-state index contributed by atoms with van der Waals surface area (Å²) in [5, 5.41) is 8.78. The Morgan fingerprint density at radius 2 is 2.00 bits per heavy atom. The van der Waals surface area contributed by atoms with Crippen LogP contribution in [-0.4, -0.2) is 13.1 Å². The van der Waals surface area contributed by atoms with Crippen molar-refractivity contribution in [2.75, 3.05) is 7.11 Å². The number of esters is 1. The SMILES string of the molecule is COC(=O)Cc1cc(C#N)cc(CCl)c1C(F)(F)F. The van der Waals surface area contributed by atoms with Gasteiger partial charge in [0.2, 0.25) is 0 Å². The molecule has 0 saturated carbocycles. The van der Waals surface area contributed by atoms with Crippen molar-refractivity contribution in [1.82, 2.24) is 0 Å². The van der Waals surface area contributed by atoms with Crippen LogP contribution in [-0.2, 0) is 28.0 Å². The molecule has 0 aromatic heterocycles. The van der Waals surface area contributed by atoms with Crippen LogP contribution < -0.4 is 0 Å². The average Bonchev–Trinajstić information content (AvgIpc) is 2.35. The number of alkyl halides is 4. The lowest BCUT2D eigenvalue weighted by Crippen LogP contribution is -2.16.